The zero-order valence-electron chi connectivity index (χ0n) is 9.17. The molecule has 16 heavy (non-hydrogen) atoms. The average Bonchev–Trinajstić information content (AvgIpc) is 2.71. The van der Waals surface area contributed by atoms with Crippen LogP contribution in [-0.2, 0) is 0 Å². The maximum atomic E-state index is 13.4. The van der Waals surface area contributed by atoms with Crippen LogP contribution in [0.5, 0.6) is 0 Å². The quantitative estimate of drug-likeness (QED) is 0.875. The summed E-state index contributed by atoms with van der Waals surface area (Å²) in [6.07, 6.45) is 3.33. The van der Waals surface area contributed by atoms with E-state index in [1.807, 2.05) is 7.05 Å². The Kier molecular flexibility index (Phi) is 3.82. The third-order valence-corrected chi connectivity index (χ3v) is 4.43. The van der Waals surface area contributed by atoms with E-state index in [-0.39, 0.29) is 11.6 Å². The molecule has 2 unspecified atom stereocenters. The molecule has 1 aliphatic carbocycles. The van der Waals surface area contributed by atoms with Crippen molar-refractivity contribution in [1.82, 2.24) is 5.32 Å². The van der Waals surface area contributed by atoms with Gasteiger partial charge in [-0.25, -0.2) is 8.78 Å². The first-order chi connectivity index (χ1) is 7.70. The van der Waals surface area contributed by atoms with E-state index in [1.54, 1.807) is 0 Å². The van der Waals surface area contributed by atoms with Gasteiger partial charge in [0.2, 0.25) is 0 Å². The van der Waals surface area contributed by atoms with Crippen molar-refractivity contribution >= 4 is 11.8 Å². The molecule has 4 heteroatoms. The number of halogens is 2. The number of hydrogen-bond donors (Lipinski definition) is 1. The molecule has 2 atom stereocenters. The second kappa shape index (κ2) is 5.15. The molecule has 1 fully saturated rings. The summed E-state index contributed by atoms with van der Waals surface area (Å²) >= 11 is 1.45. The van der Waals surface area contributed by atoms with Crippen molar-refractivity contribution in [2.45, 2.75) is 35.4 Å². The summed E-state index contributed by atoms with van der Waals surface area (Å²) in [5.41, 5.74) is 0. The first-order valence-corrected chi connectivity index (χ1v) is 6.37. The first-order valence-electron chi connectivity index (χ1n) is 5.49. The van der Waals surface area contributed by atoms with Crippen LogP contribution in [0.1, 0.15) is 19.3 Å². The molecule has 0 saturated heterocycles. The van der Waals surface area contributed by atoms with E-state index in [0.717, 1.165) is 25.3 Å². The zero-order valence-corrected chi connectivity index (χ0v) is 9.99. The van der Waals surface area contributed by atoms with Crippen LogP contribution in [0.25, 0.3) is 0 Å². The molecule has 1 aromatic carbocycles. The highest BCUT2D eigenvalue weighted by Crippen LogP contribution is 2.36. The second-order valence-electron chi connectivity index (χ2n) is 4.06. The van der Waals surface area contributed by atoms with E-state index in [9.17, 15) is 8.78 Å². The molecule has 1 aromatic rings. The predicted octanol–water partition coefficient (Wildman–Crippen LogP) is 3.20. The van der Waals surface area contributed by atoms with E-state index >= 15 is 0 Å². The standard InChI is InChI=1S/C12H15F2NS/c1-15-10-3-2-4-11(10)16-12-7-8(13)5-6-9(12)14/h5-7,10-11,15H,2-4H2,1H3. The SMILES string of the molecule is CNC1CCCC1Sc1cc(F)ccc1F. The van der Waals surface area contributed by atoms with Gasteiger partial charge in [0.1, 0.15) is 11.6 Å². The summed E-state index contributed by atoms with van der Waals surface area (Å²) < 4.78 is 26.5. The molecule has 0 radical (unpaired) electrons. The fraction of sp³-hybridized carbons (Fsp3) is 0.500. The fourth-order valence-corrected chi connectivity index (χ4v) is 3.54. The molecule has 1 aliphatic rings. The van der Waals surface area contributed by atoms with Crippen LogP contribution < -0.4 is 5.32 Å². The molecular formula is C12H15F2NS. The minimum atomic E-state index is -0.372. The molecule has 0 spiro atoms. The van der Waals surface area contributed by atoms with Gasteiger partial charge in [0.25, 0.3) is 0 Å². The van der Waals surface area contributed by atoms with Gasteiger partial charge in [0, 0.05) is 16.2 Å². The van der Waals surface area contributed by atoms with Crippen molar-refractivity contribution in [3.05, 3.63) is 29.8 Å². The molecule has 1 N–H and O–H groups in total. The van der Waals surface area contributed by atoms with Gasteiger partial charge in [-0.05, 0) is 38.1 Å². The Bertz CT molecular complexity index is 370. The van der Waals surface area contributed by atoms with Gasteiger partial charge >= 0.3 is 0 Å². The van der Waals surface area contributed by atoms with Gasteiger partial charge in [-0.1, -0.05) is 6.42 Å². The average molecular weight is 243 g/mol. The van der Waals surface area contributed by atoms with Gasteiger partial charge in [0.15, 0.2) is 0 Å². The van der Waals surface area contributed by atoms with E-state index in [0.29, 0.717) is 16.2 Å². The summed E-state index contributed by atoms with van der Waals surface area (Å²) in [5, 5.41) is 3.58. The summed E-state index contributed by atoms with van der Waals surface area (Å²) in [4.78, 5) is 0.423. The maximum absolute atomic E-state index is 13.4. The third kappa shape index (κ3) is 2.55. The third-order valence-electron chi connectivity index (χ3n) is 2.99. The first kappa shape index (κ1) is 11.9. The molecular weight excluding hydrogens is 228 g/mol. The molecule has 0 aliphatic heterocycles. The van der Waals surface area contributed by atoms with Gasteiger partial charge in [-0.3, -0.25) is 0 Å². The van der Waals surface area contributed by atoms with E-state index < -0.39 is 0 Å². The number of nitrogens with one attached hydrogen (secondary N) is 1. The van der Waals surface area contributed by atoms with Gasteiger partial charge in [0.05, 0.1) is 0 Å². The van der Waals surface area contributed by atoms with Crippen LogP contribution in [-0.4, -0.2) is 18.3 Å². The second-order valence-corrected chi connectivity index (χ2v) is 5.34. The number of hydrogen-bond acceptors (Lipinski definition) is 2. The smallest absolute Gasteiger partial charge is 0.136 e. The largest absolute Gasteiger partial charge is 0.316 e. The highest BCUT2D eigenvalue weighted by molar-refractivity contribution is 8.00. The van der Waals surface area contributed by atoms with E-state index in [1.165, 1.54) is 23.9 Å². The molecule has 1 saturated carbocycles. The lowest BCUT2D eigenvalue weighted by molar-refractivity contribution is 0.571. The van der Waals surface area contributed by atoms with Crippen molar-refractivity contribution in [1.29, 1.82) is 0 Å². The lowest BCUT2D eigenvalue weighted by Crippen LogP contribution is -2.30. The number of rotatable bonds is 3. The van der Waals surface area contributed by atoms with Crippen LogP contribution in [0, 0.1) is 11.6 Å². The summed E-state index contributed by atoms with van der Waals surface area (Å²) in [6.45, 7) is 0. The normalized spacial score (nSPS) is 24.9. The highest BCUT2D eigenvalue weighted by Gasteiger charge is 2.27. The van der Waals surface area contributed by atoms with Crippen LogP contribution in [0.2, 0.25) is 0 Å². The number of thioether (sulfide) groups is 1. The van der Waals surface area contributed by atoms with Crippen molar-refractivity contribution in [3.63, 3.8) is 0 Å². The van der Waals surface area contributed by atoms with Gasteiger partial charge < -0.3 is 5.32 Å². The highest BCUT2D eigenvalue weighted by atomic mass is 32.2. The topological polar surface area (TPSA) is 12.0 Å². The monoisotopic (exact) mass is 243 g/mol. The van der Waals surface area contributed by atoms with Gasteiger partial charge in [-0.15, -0.1) is 11.8 Å². The molecule has 0 heterocycles. The van der Waals surface area contributed by atoms with Crippen molar-refractivity contribution in [2.75, 3.05) is 7.05 Å². The Balaban J connectivity index is 2.11. The van der Waals surface area contributed by atoms with E-state index in [4.69, 9.17) is 0 Å². The molecule has 0 bridgehead atoms. The Hall–Kier alpha value is -0.610. The Morgan fingerprint density at radius 3 is 2.88 bits per heavy atom. The molecule has 1 nitrogen and oxygen atoms in total. The van der Waals surface area contributed by atoms with Crippen molar-refractivity contribution < 1.29 is 8.78 Å². The number of benzene rings is 1. The lowest BCUT2D eigenvalue weighted by atomic mass is 10.2. The predicted molar refractivity (Wildman–Crippen MR) is 62.7 cm³/mol. The fourth-order valence-electron chi connectivity index (χ4n) is 2.13. The Labute approximate surface area is 98.6 Å². The summed E-state index contributed by atoms with van der Waals surface area (Å²) in [6, 6.07) is 4.04. The molecule has 2 rings (SSSR count). The Morgan fingerprint density at radius 1 is 1.31 bits per heavy atom. The van der Waals surface area contributed by atoms with E-state index in [2.05, 4.69) is 5.32 Å². The minimum Gasteiger partial charge on any atom is -0.316 e. The van der Waals surface area contributed by atoms with Crippen LogP contribution in [0.4, 0.5) is 8.78 Å². The maximum Gasteiger partial charge on any atom is 0.136 e. The molecule has 0 amide bonds. The van der Waals surface area contributed by atoms with Crippen molar-refractivity contribution in [3.8, 4) is 0 Å². The van der Waals surface area contributed by atoms with Crippen molar-refractivity contribution in [2.24, 2.45) is 0 Å². The van der Waals surface area contributed by atoms with Crippen LogP contribution in [0.15, 0.2) is 23.1 Å². The lowest BCUT2D eigenvalue weighted by Gasteiger charge is -2.18. The zero-order chi connectivity index (χ0) is 11.5. The Morgan fingerprint density at radius 2 is 2.12 bits per heavy atom. The summed E-state index contributed by atoms with van der Waals surface area (Å²) in [5.74, 6) is -0.698. The van der Waals surface area contributed by atoms with Gasteiger partial charge in [-0.2, -0.15) is 0 Å². The molecule has 0 aromatic heterocycles. The summed E-state index contributed by atoms with van der Waals surface area (Å²) in [7, 11) is 1.92. The molecule has 88 valence electrons. The van der Waals surface area contributed by atoms with Crippen LogP contribution in [0.3, 0.4) is 0 Å². The van der Waals surface area contributed by atoms with Crippen LogP contribution >= 0.6 is 11.8 Å². The minimum absolute atomic E-state index is 0.326.